The number of nitrogens with one attached hydrogen (secondary N) is 1. The number of nitrogens with zero attached hydrogens (tertiary/aromatic N) is 1. The third kappa shape index (κ3) is 8.72. The first-order chi connectivity index (χ1) is 13.7. The summed E-state index contributed by atoms with van der Waals surface area (Å²) >= 11 is 5.46. The minimum atomic E-state index is 0.0692. The minimum absolute atomic E-state index is 0.0692. The molecule has 4 heteroatoms. The van der Waals surface area contributed by atoms with Crippen LogP contribution in [-0.2, 0) is 17.8 Å². The molecule has 0 unspecified atom stereocenters. The van der Waals surface area contributed by atoms with Crippen molar-refractivity contribution < 1.29 is 4.79 Å². The van der Waals surface area contributed by atoms with Gasteiger partial charge in [0.15, 0.2) is 5.11 Å². The van der Waals surface area contributed by atoms with E-state index in [1.165, 1.54) is 68.9 Å². The SMILES string of the molecule is CCCCCCCCCCCCCC(=O)NC(=S)N1CCc2ccccc2C1. The Labute approximate surface area is 177 Å². The Kier molecular flexibility index (Phi) is 11.2. The molecule has 0 aliphatic carbocycles. The van der Waals surface area contributed by atoms with Crippen LogP contribution in [0.3, 0.4) is 0 Å². The Morgan fingerprint density at radius 3 is 2.14 bits per heavy atom. The number of fused-ring (bicyclic) bond motifs is 1. The second-order valence-electron chi connectivity index (χ2n) is 8.08. The molecule has 0 fully saturated rings. The summed E-state index contributed by atoms with van der Waals surface area (Å²) in [5.74, 6) is 0.0692. The summed E-state index contributed by atoms with van der Waals surface area (Å²) in [6, 6.07) is 8.48. The number of rotatable bonds is 12. The van der Waals surface area contributed by atoms with E-state index in [9.17, 15) is 4.79 Å². The predicted octanol–water partition coefficient (Wildman–Crippen LogP) is 6.15. The van der Waals surface area contributed by atoms with Crippen molar-refractivity contribution in [2.75, 3.05) is 6.54 Å². The van der Waals surface area contributed by atoms with Gasteiger partial charge in [-0.15, -0.1) is 0 Å². The number of thiocarbonyl (C=S) groups is 1. The smallest absolute Gasteiger partial charge is 0.226 e. The average Bonchev–Trinajstić information content (AvgIpc) is 2.71. The lowest BCUT2D eigenvalue weighted by atomic mass is 10.0. The molecular weight excluding hydrogens is 364 g/mol. The highest BCUT2D eigenvalue weighted by molar-refractivity contribution is 7.80. The highest BCUT2D eigenvalue weighted by Gasteiger charge is 2.18. The normalized spacial score (nSPS) is 13.2. The molecule has 0 saturated heterocycles. The van der Waals surface area contributed by atoms with E-state index in [0.29, 0.717) is 11.5 Å². The number of unbranched alkanes of at least 4 members (excludes halogenated alkanes) is 10. The summed E-state index contributed by atoms with van der Waals surface area (Å²) in [7, 11) is 0. The van der Waals surface area contributed by atoms with Crippen LogP contribution < -0.4 is 5.32 Å². The summed E-state index contributed by atoms with van der Waals surface area (Å²) in [6.07, 6.45) is 15.9. The standard InChI is InChI=1S/C24H38N2OS/c1-2-3-4-5-6-7-8-9-10-11-12-17-23(27)25-24(28)26-19-18-21-15-13-14-16-22(21)20-26/h13-16H,2-12,17-20H2,1H3,(H,25,27,28). The molecule has 1 heterocycles. The Balaban J connectivity index is 1.48. The molecule has 2 rings (SSSR count). The highest BCUT2D eigenvalue weighted by atomic mass is 32.1. The quantitative estimate of drug-likeness (QED) is 0.336. The first-order valence-corrected chi connectivity index (χ1v) is 11.8. The number of hydrogen-bond donors (Lipinski definition) is 1. The van der Waals surface area contributed by atoms with Crippen LogP contribution in [0.15, 0.2) is 24.3 Å². The predicted molar refractivity (Wildman–Crippen MR) is 122 cm³/mol. The Morgan fingerprint density at radius 2 is 1.50 bits per heavy atom. The van der Waals surface area contributed by atoms with Crippen LogP contribution in [0.25, 0.3) is 0 Å². The summed E-state index contributed by atoms with van der Waals surface area (Å²) in [5, 5.41) is 3.52. The van der Waals surface area contributed by atoms with Crippen molar-refractivity contribution >= 4 is 23.2 Å². The molecule has 28 heavy (non-hydrogen) atoms. The maximum Gasteiger partial charge on any atom is 0.226 e. The molecule has 1 aliphatic rings. The molecule has 156 valence electrons. The number of hydrogen-bond acceptors (Lipinski definition) is 2. The second-order valence-corrected chi connectivity index (χ2v) is 8.47. The lowest BCUT2D eigenvalue weighted by Gasteiger charge is -2.30. The van der Waals surface area contributed by atoms with Crippen molar-refractivity contribution in [1.82, 2.24) is 10.2 Å². The van der Waals surface area contributed by atoms with Crippen molar-refractivity contribution in [3.05, 3.63) is 35.4 Å². The molecule has 0 aromatic heterocycles. The molecule has 0 bridgehead atoms. The fraction of sp³-hybridized carbons (Fsp3) is 0.667. The van der Waals surface area contributed by atoms with Crippen LogP contribution >= 0.6 is 12.2 Å². The molecule has 1 amide bonds. The molecule has 1 N–H and O–H groups in total. The van der Waals surface area contributed by atoms with Crippen LogP contribution in [0.4, 0.5) is 0 Å². The van der Waals surface area contributed by atoms with Gasteiger partial charge < -0.3 is 10.2 Å². The van der Waals surface area contributed by atoms with Gasteiger partial charge in [0, 0.05) is 19.5 Å². The number of benzene rings is 1. The molecule has 0 spiro atoms. The van der Waals surface area contributed by atoms with E-state index in [0.717, 1.165) is 32.4 Å². The lowest BCUT2D eigenvalue weighted by molar-refractivity contribution is -0.119. The van der Waals surface area contributed by atoms with Gasteiger partial charge in [-0.3, -0.25) is 4.79 Å². The molecule has 0 radical (unpaired) electrons. The molecule has 1 aromatic carbocycles. The van der Waals surface area contributed by atoms with E-state index in [1.54, 1.807) is 0 Å². The van der Waals surface area contributed by atoms with E-state index in [4.69, 9.17) is 12.2 Å². The van der Waals surface area contributed by atoms with Crippen molar-refractivity contribution in [2.45, 2.75) is 96.9 Å². The fourth-order valence-electron chi connectivity index (χ4n) is 3.88. The number of amides is 1. The molecule has 0 saturated carbocycles. The Hall–Kier alpha value is -1.42. The van der Waals surface area contributed by atoms with Gasteiger partial charge in [0.25, 0.3) is 0 Å². The van der Waals surface area contributed by atoms with Gasteiger partial charge in [-0.05, 0) is 36.2 Å². The largest absolute Gasteiger partial charge is 0.344 e. The third-order valence-electron chi connectivity index (χ3n) is 5.67. The second kappa shape index (κ2) is 13.7. The summed E-state index contributed by atoms with van der Waals surface area (Å²) in [4.78, 5) is 14.3. The van der Waals surface area contributed by atoms with Gasteiger partial charge in [0.2, 0.25) is 5.91 Å². The summed E-state index contributed by atoms with van der Waals surface area (Å²) in [6.45, 7) is 3.95. The highest BCUT2D eigenvalue weighted by Crippen LogP contribution is 2.18. The Morgan fingerprint density at radius 1 is 0.929 bits per heavy atom. The van der Waals surface area contributed by atoms with E-state index < -0.39 is 0 Å². The summed E-state index contributed by atoms with van der Waals surface area (Å²) in [5.41, 5.74) is 2.71. The van der Waals surface area contributed by atoms with Crippen LogP contribution in [0.2, 0.25) is 0 Å². The maximum atomic E-state index is 12.2. The Bertz CT molecular complexity index is 602. The lowest BCUT2D eigenvalue weighted by Crippen LogP contribution is -2.44. The fourth-order valence-corrected chi connectivity index (χ4v) is 4.15. The maximum absolute atomic E-state index is 12.2. The first kappa shape index (κ1) is 22.9. The summed E-state index contributed by atoms with van der Waals surface area (Å²) < 4.78 is 0. The van der Waals surface area contributed by atoms with E-state index in [-0.39, 0.29) is 5.91 Å². The van der Waals surface area contributed by atoms with Gasteiger partial charge >= 0.3 is 0 Å². The molecule has 1 aliphatic heterocycles. The van der Waals surface area contributed by atoms with E-state index in [2.05, 4.69) is 41.4 Å². The zero-order chi connectivity index (χ0) is 20.0. The van der Waals surface area contributed by atoms with E-state index >= 15 is 0 Å². The van der Waals surface area contributed by atoms with Crippen LogP contribution in [0, 0.1) is 0 Å². The van der Waals surface area contributed by atoms with Gasteiger partial charge in [-0.1, -0.05) is 95.4 Å². The topological polar surface area (TPSA) is 32.3 Å². The average molecular weight is 403 g/mol. The third-order valence-corrected chi connectivity index (χ3v) is 6.03. The zero-order valence-corrected chi connectivity index (χ0v) is 18.5. The van der Waals surface area contributed by atoms with Gasteiger partial charge in [-0.2, -0.15) is 0 Å². The number of carbonyl (C=O) groups excluding carboxylic acids is 1. The van der Waals surface area contributed by atoms with Gasteiger partial charge in [0.05, 0.1) is 0 Å². The molecule has 3 nitrogen and oxygen atoms in total. The van der Waals surface area contributed by atoms with Gasteiger partial charge in [-0.25, -0.2) is 0 Å². The molecule has 0 atom stereocenters. The minimum Gasteiger partial charge on any atom is -0.344 e. The molecular formula is C24H38N2OS. The van der Waals surface area contributed by atoms with Gasteiger partial charge in [0.1, 0.15) is 0 Å². The van der Waals surface area contributed by atoms with Crippen molar-refractivity contribution in [3.8, 4) is 0 Å². The van der Waals surface area contributed by atoms with Crippen LogP contribution in [-0.4, -0.2) is 22.5 Å². The van der Waals surface area contributed by atoms with E-state index in [1.807, 2.05) is 0 Å². The molecule has 1 aromatic rings. The zero-order valence-electron chi connectivity index (χ0n) is 17.7. The van der Waals surface area contributed by atoms with Crippen LogP contribution in [0.1, 0.15) is 95.1 Å². The van der Waals surface area contributed by atoms with Crippen molar-refractivity contribution in [2.24, 2.45) is 0 Å². The monoisotopic (exact) mass is 402 g/mol. The van der Waals surface area contributed by atoms with Crippen molar-refractivity contribution in [1.29, 1.82) is 0 Å². The van der Waals surface area contributed by atoms with Crippen LogP contribution in [0.5, 0.6) is 0 Å². The first-order valence-electron chi connectivity index (χ1n) is 11.4. The number of carbonyl (C=O) groups is 1. The van der Waals surface area contributed by atoms with Crippen molar-refractivity contribution in [3.63, 3.8) is 0 Å².